The Hall–Kier alpha value is -3.92. The van der Waals surface area contributed by atoms with Gasteiger partial charge >= 0.3 is 0 Å². The molecule has 0 unspecified atom stereocenters. The molecule has 1 N–H and O–H groups in total. The Bertz CT molecular complexity index is 1910. The number of nitrogens with zero attached hydrogens (tertiary/aromatic N) is 3. The number of rotatable bonds is 5. The van der Waals surface area contributed by atoms with Crippen molar-refractivity contribution in [3.63, 3.8) is 0 Å². The Balaban J connectivity index is 1.89. The minimum absolute atomic E-state index is 0.0188. The van der Waals surface area contributed by atoms with Gasteiger partial charge in [-0.15, -0.1) is 15.0 Å². The van der Waals surface area contributed by atoms with Crippen LogP contribution in [0.1, 0.15) is 63.7 Å². The molecule has 1 heterocycles. The fourth-order valence-corrected chi connectivity index (χ4v) is 3.98. The smallest absolute Gasteiger partial charge is 0.147 e. The van der Waals surface area contributed by atoms with E-state index in [4.69, 9.17) is 13.7 Å². The van der Waals surface area contributed by atoms with Gasteiger partial charge in [-0.3, -0.25) is 0 Å². The van der Waals surface area contributed by atoms with Crippen LogP contribution >= 0.6 is 0 Å². The van der Waals surface area contributed by atoms with Gasteiger partial charge in [0.2, 0.25) is 0 Å². The van der Waals surface area contributed by atoms with Crippen molar-refractivity contribution in [3.05, 3.63) is 119 Å². The standard InChI is InChI=1S/C30H29N3O/c1-29(2,21-13-7-5-8-14-21)23-19-24(30(3,4)22-15-9-6-10-16-22)28(34)27(20-23)33-31-25-17-11-12-18-26(25)32-33/h5-20,34H,1-4H3/i5D,6D,7D,8D,9D,10D,13D,14D,15D,16D. The molecule has 0 spiro atoms. The third-order valence-corrected chi connectivity index (χ3v) is 6.24. The summed E-state index contributed by atoms with van der Waals surface area (Å²) in [6.07, 6.45) is 0. The zero-order chi connectivity index (χ0) is 32.6. The molecule has 1 aromatic heterocycles. The van der Waals surface area contributed by atoms with Gasteiger partial charge in [0.15, 0.2) is 0 Å². The van der Waals surface area contributed by atoms with Gasteiger partial charge in [-0.1, -0.05) is 106 Å². The zero-order valence-electron chi connectivity index (χ0n) is 29.3. The fraction of sp³-hybridized carbons (Fsp3) is 0.200. The molecule has 4 nitrogen and oxygen atoms in total. The van der Waals surface area contributed by atoms with Crippen LogP contribution in [0.3, 0.4) is 0 Å². The van der Waals surface area contributed by atoms with E-state index in [1.165, 1.54) is 4.80 Å². The number of phenolic OH excluding ortho intramolecular Hbond substituents is 1. The predicted octanol–water partition coefficient (Wildman–Crippen LogP) is 6.78. The molecule has 4 aromatic carbocycles. The first-order valence-corrected chi connectivity index (χ1v) is 10.8. The summed E-state index contributed by atoms with van der Waals surface area (Å²) in [5.41, 5.74) is -0.966. The maximum absolute atomic E-state index is 11.8. The molecule has 0 saturated carbocycles. The van der Waals surface area contributed by atoms with Crippen molar-refractivity contribution in [2.45, 2.75) is 38.5 Å². The van der Waals surface area contributed by atoms with E-state index in [0.29, 0.717) is 16.6 Å². The maximum Gasteiger partial charge on any atom is 0.147 e. The van der Waals surface area contributed by atoms with E-state index >= 15 is 0 Å². The third-order valence-electron chi connectivity index (χ3n) is 6.24. The van der Waals surface area contributed by atoms with Crippen LogP contribution in [0, 0.1) is 0 Å². The van der Waals surface area contributed by atoms with E-state index in [-0.39, 0.29) is 40.2 Å². The van der Waals surface area contributed by atoms with Crippen LogP contribution in [0.15, 0.2) is 96.8 Å². The van der Waals surface area contributed by atoms with E-state index < -0.39 is 59.2 Å². The quantitative estimate of drug-likeness (QED) is 0.316. The molecule has 0 saturated heterocycles. The SMILES string of the molecule is [2H]c1c([2H])c([2H])c(C(C)(C)c2cc(-n3nc4ccccc4n3)c(O)c(C(C)(C)c3c([2H])c([2H])c([2H])c([2H])c3[2H])c2)c([2H])c1[2H]. The topological polar surface area (TPSA) is 50.9 Å². The molecule has 5 aromatic rings. The summed E-state index contributed by atoms with van der Waals surface area (Å²) in [5, 5.41) is 20.8. The lowest BCUT2D eigenvalue weighted by molar-refractivity contribution is 0.445. The lowest BCUT2D eigenvalue weighted by atomic mass is 9.72. The summed E-state index contributed by atoms with van der Waals surface area (Å²) in [4.78, 5) is 1.23. The summed E-state index contributed by atoms with van der Waals surface area (Å²) in [6, 6.07) is 5.46. The largest absolute Gasteiger partial charge is 0.505 e. The first-order valence-electron chi connectivity index (χ1n) is 15.8. The third kappa shape index (κ3) is 3.65. The molecule has 170 valence electrons. The van der Waals surface area contributed by atoms with Gasteiger partial charge in [0.25, 0.3) is 0 Å². The molecule has 0 fully saturated rings. The second-order valence-electron chi connectivity index (χ2n) is 9.12. The molecule has 34 heavy (non-hydrogen) atoms. The van der Waals surface area contributed by atoms with Crippen LogP contribution < -0.4 is 0 Å². The van der Waals surface area contributed by atoms with Crippen LogP contribution in [-0.4, -0.2) is 20.1 Å². The van der Waals surface area contributed by atoms with E-state index in [9.17, 15) is 5.11 Å². The van der Waals surface area contributed by atoms with Crippen molar-refractivity contribution in [1.82, 2.24) is 15.0 Å². The number of phenols is 1. The van der Waals surface area contributed by atoms with Crippen molar-refractivity contribution in [1.29, 1.82) is 0 Å². The Morgan fingerprint density at radius 3 is 1.74 bits per heavy atom. The van der Waals surface area contributed by atoms with Gasteiger partial charge in [-0.05, 0) is 34.9 Å². The number of aromatic hydroxyl groups is 1. The molecule has 4 heteroatoms. The molecule has 0 atom stereocenters. The number of fused-ring (bicyclic) bond motifs is 1. The molecule has 0 aliphatic heterocycles. The second-order valence-corrected chi connectivity index (χ2v) is 9.12. The number of hydrogen-bond donors (Lipinski definition) is 1. The molecule has 0 amide bonds. The fourth-order valence-electron chi connectivity index (χ4n) is 3.98. The predicted molar refractivity (Wildman–Crippen MR) is 138 cm³/mol. The summed E-state index contributed by atoms with van der Waals surface area (Å²) in [7, 11) is 0. The lowest BCUT2D eigenvalue weighted by Gasteiger charge is -2.32. The van der Waals surface area contributed by atoms with E-state index in [2.05, 4.69) is 10.2 Å². The minimum atomic E-state index is -1.40. The first-order chi connectivity index (χ1) is 20.4. The Labute approximate surface area is 214 Å². The maximum atomic E-state index is 11.8. The van der Waals surface area contributed by atoms with E-state index in [1.807, 2.05) is 0 Å². The highest BCUT2D eigenvalue weighted by molar-refractivity contribution is 5.74. The normalized spacial score (nSPS) is 16.4. The van der Waals surface area contributed by atoms with Crippen molar-refractivity contribution >= 4 is 11.0 Å². The van der Waals surface area contributed by atoms with E-state index in [1.54, 1.807) is 64.1 Å². The first kappa shape index (κ1) is 13.1. The van der Waals surface area contributed by atoms with Crippen LogP contribution in [0.25, 0.3) is 16.7 Å². The van der Waals surface area contributed by atoms with Crippen molar-refractivity contribution in [2.24, 2.45) is 0 Å². The number of benzene rings is 4. The van der Waals surface area contributed by atoms with Crippen LogP contribution in [0.2, 0.25) is 0 Å². The minimum Gasteiger partial charge on any atom is -0.505 e. The van der Waals surface area contributed by atoms with Crippen LogP contribution in [0.4, 0.5) is 0 Å². The van der Waals surface area contributed by atoms with Gasteiger partial charge in [0.05, 0.1) is 13.7 Å². The van der Waals surface area contributed by atoms with Gasteiger partial charge in [-0.25, -0.2) is 0 Å². The van der Waals surface area contributed by atoms with Gasteiger partial charge in [-0.2, -0.15) is 0 Å². The average molecular weight is 458 g/mol. The Morgan fingerprint density at radius 1 is 0.706 bits per heavy atom. The lowest BCUT2D eigenvalue weighted by Crippen LogP contribution is -2.24. The summed E-state index contributed by atoms with van der Waals surface area (Å²) in [5.74, 6) is -0.317. The van der Waals surface area contributed by atoms with Crippen LogP contribution in [0.5, 0.6) is 5.75 Å². The van der Waals surface area contributed by atoms with E-state index in [0.717, 1.165) is 0 Å². The zero-order valence-corrected chi connectivity index (χ0v) is 19.3. The summed E-state index contributed by atoms with van der Waals surface area (Å²) < 4.78 is 83.6. The monoisotopic (exact) mass is 457 g/mol. The highest BCUT2D eigenvalue weighted by atomic mass is 16.3. The average Bonchev–Trinajstić information content (AvgIpc) is 3.41. The summed E-state index contributed by atoms with van der Waals surface area (Å²) >= 11 is 0. The molecular weight excluding hydrogens is 418 g/mol. The van der Waals surface area contributed by atoms with Crippen molar-refractivity contribution in [2.75, 3.05) is 0 Å². The molecular formula is C30H29N3O. The number of aromatic nitrogens is 3. The number of hydrogen-bond acceptors (Lipinski definition) is 3. The van der Waals surface area contributed by atoms with Crippen molar-refractivity contribution < 1.29 is 18.8 Å². The Kier molecular flexibility index (Phi) is 3.13. The molecule has 0 bridgehead atoms. The highest BCUT2D eigenvalue weighted by Gasteiger charge is 2.32. The van der Waals surface area contributed by atoms with Crippen molar-refractivity contribution in [3.8, 4) is 11.4 Å². The Morgan fingerprint density at radius 2 is 1.21 bits per heavy atom. The molecule has 5 rings (SSSR count). The molecule has 0 radical (unpaired) electrons. The summed E-state index contributed by atoms with van der Waals surface area (Å²) in [6.45, 7) is 6.61. The van der Waals surface area contributed by atoms with Gasteiger partial charge in [0.1, 0.15) is 22.5 Å². The van der Waals surface area contributed by atoms with Gasteiger partial charge < -0.3 is 5.11 Å². The second kappa shape index (κ2) is 8.14. The molecule has 0 aliphatic rings. The van der Waals surface area contributed by atoms with Crippen LogP contribution in [-0.2, 0) is 10.8 Å². The molecule has 0 aliphatic carbocycles. The highest BCUT2D eigenvalue weighted by Crippen LogP contribution is 2.43. The van der Waals surface area contributed by atoms with Gasteiger partial charge in [0, 0.05) is 16.4 Å².